The van der Waals surface area contributed by atoms with Gasteiger partial charge in [-0.2, -0.15) is 5.10 Å². The van der Waals surface area contributed by atoms with Crippen molar-refractivity contribution in [2.75, 3.05) is 0 Å². The minimum atomic E-state index is -1.55. The number of fused-ring (bicyclic) bond motifs is 1. The van der Waals surface area contributed by atoms with Crippen molar-refractivity contribution >= 4 is 22.7 Å². The molecule has 9 heteroatoms. The van der Waals surface area contributed by atoms with E-state index in [0.29, 0.717) is 11.4 Å². The van der Waals surface area contributed by atoms with E-state index in [0.717, 1.165) is 17.0 Å². The van der Waals surface area contributed by atoms with E-state index >= 15 is 0 Å². The maximum atomic E-state index is 14.0. The van der Waals surface area contributed by atoms with Crippen molar-refractivity contribution in [2.24, 2.45) is 21.5 Å². The van der Waals surface area contributed by atoms with E-state index in [4.69, 9.17) is 11.5 Å². The van der Waals surface area contributed by atoms with Crippen LogP contribution in [0.2, 0.25) is 0 Å². The second kappa shape index (κ2) is 5.88. The van der Waals surface area contributed by atoms with Crippen LogP contribution in [0.15, 0.2) is 52.6 Å². The van der Waals surface area contributed by atoms with Crippen LogP contribution in [0.5, 0.6) is 0 Å². The molecule has 1 aromatic heterocycles. The van der Waals surface area contributed by atoms with Crippen molar-refractivity contribution < 1.29 is 8.78 Å². The van der Waals surface area contributed by atoms with Gasteiger partial charge in [-0.25, -0.2) is 18.8 Å². The first-order valence-corrected chi connectivity index (χ1v) is 7.81. The summed E-state index contributed by atoms with van der Waals surface area (Å²) in [6, 6.07) is 9.39. The highest BCUT2D eigenvalue weighted by molar-refractivity contribution is 6.11. The standard InChI is InChI=1S/C17H15F2N7/c18-12-3-1-2-10(14(12)19)7-17(21)24-15(23-16(20)25-17)9-4-5-13-11(6-9)8-22-26-13/h1-6,8H,7,21H2,(H,22,26)(H3,20,23,24,25). The number of nitrogens with zero attached hydrogens (tertiary/aromatic N) is 3. The summed E-state index contributed by atoms with van der Waals surface area (Å²) >= 11 is 0. The van der Waals surface area contributed by atoms with Crippen LogP contribution in [-0.4, -0.2) is 27.8 Å². The average molecular weight is 355 g/mol. The summed E-state index contributed by atoms with van der Waals surface area (Å²) < 4.78 is 27.5. The molecule has 26 heavy (non-hydrogen) atoms. The van der Waals surface area contributed by atoms with Gasteiger partial charge in [0.05, 0.1) is 11.7 Å². The first-order valence-electron chi connectivity index (χ1n) is 7.81. The molecule has 1 aliphatic rings. The van der Waals surface area contributed by atoms with Crippen LogP contribution in [0.1, 0.15) is 11.1 Å². The Balaban J connectivity index is 1.72. The van der Waals surface area contributed by atoms with Crippen LogP contribution in [0.4, 0.5) is 8.78 Å². The first kappa shape index (κ1) is 16.2. The molecule has 0 saturated carbocycles. The Kier molecular flexibility index (Phi) is 3.66. The van der Waals surface area contributed by atoms with Gasteiger partial charge in [-0.3, -0.25) is 10.8 Å². The monoisotopic (exact) mass is 355 g/mol. The van der Waals surface area contributed by atoms with Crippen molar-refractivity contribution in [2.45, 2.75) is 12.2 Å². The molecule has 4 rings (SSSR count). The number of H-pyrrole nitrogens is 1. The lowest BCUT2D eigenvalue weighted by Gasteiger charge is -2.27. The average Bonchev–Trinajstić information content (AvgIpc) is 3.05. The number of halogens is 2. The van der Waals surface area contributed by atoms with E-state index in [1.54, 1.807) is 6.20 Å². The van der Waals surface area contributed by atoms with Gasteiger partial charge in [0, 0.05) is 17.4 Å². The number of benzene rings is 2. The molecule has 0 aliphatic carbocycles. The van der Waals surface area contributed by atoms with Crippen LogP contribution in [0.25, 0.3) is 10.9 Å². The van der Waals surface area contributed by atoms with Crippen molar-refractivity contribution in [3.8, 4) is 0 Å². The molecule has 2 aromatic carbocycles. The number of aromatic amines is 1. The summed E-state index contributed by atoms with van der Waals surface area (Å²) in [4.78, 5) is 8.46. The van der Waals surface area contributed by atoms with E-state index < -0.39 is 17.4 Å². The van der Waals surface area contributed by atoms with E-state index in [2.05, 4.69) is 25.5 Å². The number of guanidine groups is 1. The highest BCUT2D eigenvalue weighted by atomic mass is 19.2. The van der Waals surface area contributed by atoms with Crippen LogP contribution in [0.3, 0.4) is 0 Å². The molecule has 6 N–H and O–H groups in total. The van der Waals surface area contributed by atoms with Crippen LogP contribution in [0, 0.1) is 11.6 Å². The first-order chi connectivity index (χ1) is 12.4. The lowest BCUT2D eigenvalue weighted by Crippen LogP contribution is -2.51. The lowest BCUT2D eigenvalue weighted by molar-refractivity contribution is 0.434. The molecule has 132 valence electrons. The largest absolute Gasteiger partial charge is 0.370 e. The third-order valence-electron chi connectivity index (χ3n) is 4.06. The molecule has 0 radical (unpaired) electrons. The number of nitrogens with one attached hydrogen (secondary N) is 2. The van der Waals surface area contributed by atoms with Crippen molar-refractivity contribution in [3.05, 3.63) is 65.4 Å². The quantitative estimate of drug-likeness (QED) is 0.567. The number of amidine groups is 1. The Morgan fingerprint density at radius 3 is 2.81 bits per heavy atom. The maximum Gasteiger partial charge on any atom is 0.212 e. The molecule has 1 atom stereocenters. The second-order valence-corrected chi connectivity index (χ2v) is 6.02. The molecule has 1 aliphatic heterocycles. The van der Waals surface area contributed by atoms with Gasteiger partial charge in [0.15, 0.2) is 17.6 Å². The summed E-state index contributed by atoms with van der Waals surface area (Å²) in [6.45, 7) is 0. The Labute approximate surface area is 146 Å². The number of nitrogens with two attached hydrogens (primary N) is 2. The van der Waals surface area contributed by atoms with E-state index in [-0.39, 0.29) is 17.9 Å². The molecule has 1 unspecified atom stereocenters. The molecular formula is C17H15F2N7. The van der Waals surface area contributed by atoms with Gasteiger partial charge in [0.2, 0.25) is 5.79 Å². The Bertz CT molecular complexity index is 1060. The second-order valence-electron chi connectivity index (χ2n) is 6.02. The molecule has 0 fully saturated rings. The fourth-order valence-electron chi connectivity index (χ4n) is 2.88. The molecule has 0 saturated heterocycles. The van der Waals surface area contributed by atoms with Crippen molar-refractivity contribution in [1.29, 1.82) is 0 Å². The van der Waals surface area contributed by atoms with Crippen molar-refractivity contribution in [3.63, 3.8) is 0 Å². The van der Waals surface area contributed by atoms with Gasteiger partial charge in [-0.05, 0) is 29.8 Å². The SMILES string of the molecule is NC1=NC(N)(Cc2cccc(F)c2F)N=C(c2ccc3[nH]ncc3c2)N1. The molecule has 0 spiro atoms. The fraction of sp³-hybridized carbons (Fsp3) is 0.118. The Hall–Kier alpha value is -3.33. The van der Waals surface area contributed by atoms with Gasteiger partial charge in [-0.15, -0.1) is 0 Å². The minimum absolute atomic E-state index is 0.0431. The number of aliphatic imine (C=N–C) groups is 2. The van der Waals surface area contributed by atoms with Gasteiger partial charge in [0.1, 0.15) is 5.84 Å². The number of hydrogen-bond acceptors (Lipinski definition) is 6. The zero-order valence-corrected chi connectivity index (χ0v) is 13.5. The number of hydrogen-bond donors (Lipinski definition) is 4. The predicted molar refractivity (Wildman–Crippen MR) is 94.4 cm³/mol. The van der Waals surface area contributed by atoms with E-state index in [9.17, 15) is 8.78 Å². The number of rotatable bonds is 3. The van der Waals surface area contributed by atoms with Crippen molar-refractivity contribution in [1.82, 2.24) is 15.5 Å². The molecule has 0 bridgehead atoms. The number of aromatic nitrogens is 2. The van der Waals surface area contributed by atoms with Gasteiger partial charge in [0.25, 0.3) is 0 Å². The highest BCUT2D eigenvalue weighted by Crippen LogP contribution is 2.22. The summed E-state index contributed by atoms with van der Waals surface area (Å²) in [7, 11) is 0. The Morgan fingerprint density at radius 2 is 1.96 bits per heavy atom. The smallest absolute Gasteiger partial charge is 0.212 e. The molecular weight excluding hydrogens is 340 g/mol. The van der Waals surface area contributed by atoms with Crippen LogP contribution in [-0.2, 0) is 6.42 Å². The minimum Gasteiger partial charge on any atom is -0.370 e. The Morgan fingerprint density at radius 1 is 1.12 bits per heavy atom. The maximum absolute atomic E-state index is 14.0. The highest BCUT2D eigenvalue weighted by Gasteiger charge is 2.30. The summed E-state index contributed by atoms with van der Waals surface area (Å²) in [5, 5.41) is 10.6. The zero-order chi connectivity index (χ0) is 18.3. The van der Waals surface area contributed by atoms with E-state index in [1.807, 2.05) is 18.2 Å². The molecule has 2 heterocycles. The molecule has 3 aromatic rings. The molecule has 0 amide bonds. The van der Waals surface area contributed by atoms with Crippen LogP contribution >= 0.6 is 0 Å². The van der Waals surface area contributed by atoms with Gasteiger partial charge < -0.3 is 11.1 Å². The van der Waals surface area contributed by atoms with Crippen LogP contribution < -0.4 is 16.8 Å². The summed E-state index contributed by atoms with van der Waals surface area (Å²) in [5.41, 5.74) is 13.7. The summed E-state index contributed by atoms with van der Waals surface area (Å²) in [5.74, 6) is -3.04. The third-order valence-corrected chi connectivity index (χ3v) is 4.06. The third kappa shape index (κ3) is 2.88. The predicted octanol–water partition coefficient (Wildman–Crippen LogP) is 1.36. The lowest BCUT2D eigenvalue weighted by atomic mass is 10.1. The van der Waals surface area contributed by atoms with E-state index in [1.165, 1.54) is 12.1 Å². The zero-order valence-electron chi connectivity index (χ0n) is 13.5. The normalized spacial score (nSPS) is 19.8. The van der Waals surface area contributed by atoms with Gasteiger partial charge >= 0.3 is 0 Å². The fourth-order valence-corrected chi connectivity index (χ4v) is 2.88. The molecule has 7 nitrogen and oxygen atoms in total. The van der Waals surface area contributed by atoms with Gasteiger partial charge in [-0.1, -0.05) is 12.1 Å². The summed E-state index contributed by atoms with van der Waals surface area (Å²) in [6.07, 6.45) is 1.54. The topological polar surface area (TPSA) is 117 Å².